The minimum atomic E-state index is 0.00402. The molecule has 1 nitrogen and oxygen atoms in total. The highest BCUT2D eigenvalue weighted by Crippen LogP contribution is 2.49. The molecule has 1 aliphatic carbocycles. The molecule has 8 rings (SSSR count). The van der Waals surface area contributed by atoms with Crippen molar-refractivity contribution in [3.05, 3.63) is 149 Å². The standard InChI is InChI=1S/C39H28BrN/c1-39(2)34-15-6-3-13-30(34)32-24-28(19-20-35(32)39)41-37-17-8-5-14-31(37)33-23-26(18-21-38(33)41)25-10-9-11-27(22-25)29-12-4-7-16-36(29)40/h3-24H,1-2H3. The van der Waals surface area contributed by atoms with E-state index in [-0.39, 0.29) is 5.41 Å². The van der Waals surface area contributed by atoms with Crippen molar-refractivity contribution in [3.63, 3.8) is 0 Å². The number of aromatic nitrogens is 1. The van der Waals surface area contributed by atoms with Crippen LogP contribution in [0.15, 0.2) is 138 Å². The molecule has 7 aromatic rings. The molecule has 0 fully saturated rings. The van der Waals surface area contributed by atoms with Crippen LogP contribution in [0.5, 0.6) is 0 Å². The first-order valence-electron chi connectivity index (χ1n) is 14.1. The second-order valence-corrected chi connectivity index (χ2v) is 12.4. The zero-order chi connectivity index (χ0) is 27.7. The van der Waals surface area contributed by atoms with E-state index in [0.717, 1.165) is 4.47 Å². The molecule has 0 spiro atoms. The van der Waals surface area contributed by atoms with Crippen molar-refractivity contribution in [1.82, 2.24) is 4.57 Å². The Labute approximate surface area is 248 Å². The average Bonchev–Trinajstić information content (AvgIpc) is 3.46. The van der Waals surface area contributed by atoms with E-state index in [1.807, 2.05) is 0 Å². The quantitative estimate of drug-likeness (QED) is 0.193. The first-order valence-corrected chi connectivity index (χ1v) is 14.9. The fraction of sp³-hybridized carbons (Fsp3) is 0.0769. The molecular formula is C39H28BrN. The Bertz CT molecular complexity index is 2150. The summed E-state index contributed by atoms with van der Waals surface area (Å²) in [7, 11) is 0. The van der Waals surface area contributed by atoms with Gasteiger partial charge in [0.2, 0.25) is 0 Å². The van der Waals surface area contributed by atoms with E-state index in [1.165, 1.54) is 72.0 Å². The maximum Gasteiger partial charge on any atom is 0.0541 e. The summed E-state index contributed by atoms with van der Waals surface area (Å²) in [5.41, 5.74) is 14.0. The van der Waals surface area contributed by atoms with Gasteiger partial charge in [0.05, 0.1) is 11.0 Å². The molecule has 1 aliphatic rings. The number of nitrogens with zero attached hydrogens (tertiary/aromatic N) is 1. The van der Waals surface area contributed by atoms with Gasteiger partial charge in [0.15, 0.2) is 0 Å². The summed E-state index contributed by atoms with van der Waals surface area (Å²) in [4.78, 5) is 0. The van der Waals surface area contributed by atoms with Gasteiger partial charge in [0, 0.05) is 26.3 Å². The molecule has 1 heterocycles. The van der Waals surface area contributed by atoms with Crippen molar-refractivity contribution in [1.29, 1.82) is 0 Å². The highest BCUT2D eigenvalue weighted by Gasteiger charge is 2.35. The number of hydrogen-bond acceptors (Lipinski definition) is 0. The van der Waals surface area contributed by atoms with Gasteiger partial charge in [0.1, 0.15) is 0 Å². The van der Waals surface area contributed by atoms with Crippen LogP contribution < -0.4 is 0 Å². The monoisotopic (exact) mass is 589 g/mol. The summed E-state index contributed by atoms with van der Waals surface area (Å²) in [5.74, 6) is 0. The fourth-order valence-corrected chi connectivity index (χ4v) is 7.35. The number of fused-ring (bicyclic) bond motifs is 6. The molecule has 196 valence electrons. The molecule has 41 heavy (non-hydrogen) atoms. The van der Waals surface area contributed by atoms with Gasteiger partial charge in [-0.2, -0.15) is 0 Å². The van der Waals surface area contributed by atoms with E-state index in [2.05, 4.69) is 168 Å². The maximum absolute atomic E-state index is 3.73. The van der Waals surface area contributed by atoms with Crippen molar-refractivity contribution >= 4 is 37.7 Å². The molecule has 0 bridgehead atoms. The molecule has 0 N–H and O–H groups in total. The van der Waals surface area contributed by atoms with E-state index < -0.39 is 0 Å². The van der Waals surface area contributed by atoms with Crippen molar-refractivity contribution in [3.8, 4) is 39.1 Å². The summed E-state index contributed by atoms with van der Waals surface area (Å²) in [6.07, 6.45) is 0. The predicted molar refractivity (Wildman–Crippen MR) is 177 cm³/mol. The Balaban J connectivity index is 1.31. The van der Waals surface area contributed by atoms with Gasteiger partial charge < -0.3 is 4.57 Å². The molecule has 1 aromatic heterocycles. The van der Waals surface area contributed by atoms with Crippen LogP contribution in [0.1, 0.15) is 25.0 Å². The van der Waals surface area contributed by atoms with E-state index in [4.69, 9.17) is 0 Å². The van der Waals surface area contributed by atoms with Gasteiger partial charge >= 0.3 is 0 Å². The van der Waals surface area contributed by atoms with Gasteiger partial charge in [0.25, 0.3) is 0 Å². The minimum Gasteiger partial charge on any atom is -0.309 e. The van der Waals surface area contributed by atoms with Crippen LogP contribution in [0.2, 0.25) is 0 Å². The van der Waals surface area contributed by atoms with Crippen LogP contribution in [0.4, 0.5) is 0 Å². The second kappa shape index (κ2) is 9.06. The van der Waals surface area contributed by atoms with Crippen LogP contribution in [0, 0.1) is 0 Å². The first-order chi connectivity index (χ1) is 20.0. The zero-order valence-electron chi connectivity index (χ0n) is 23.0. The van der Waals surface area contributed by atoms with Crippen molar-refractivity contribution < 1.29 is 0 Å². The zero-order valence-corrected chi connectivity index (χ0v) is 24.6. The molecule has 0 atom stereocenters. The molecule has 0 aliphatic heterocycles. The first kappa shape index (κ1) is 24.4. The average molecular weight is 591 g/mol. The van der Waals surface area contributed by atoms with Crippen LogP contribution in [-0.2, 0) is 5.41 Å². The second-order valence-electron chi connectivity index (χ2n) is 11.5. The maximum atomic E-state index is 3.73. The van der Waals surface area contributed by atoms with Crippen LogP contribution >= 0.6 is 15.9 Å². The Hall–Kier alpha value is -4.40. The highest BCUT2D eigenvalue weighted by molar-refractivity contribution is 9.10. The molecular weight excluding hydrogens is 562 g/mol. The lowest BCUT2D eigenvalue weighted by molar-refractivity contribution is 0.660. The lowest BCUT2D eigenvalue weighted by Gasteiger charge is -2.21. The number of benzene rings is 6. The molecule has 0 unspecified atom stereocenters. The Morgan fingerprint density at radius 3 is 2.05 bits per heavy atom. The SMILES string of the molecule is CC1(C)c2ccccc2-c2cc(-n3c4ccccc4c4cc(-c5cccc(-c6ccccc6Br)c5)ccc43)ccc21. The molecule has 0 radical (unpaired) electrons. The topological polar surface area (TPSA) is 4.93 Å². The molecule has 0 saturated carbocycles. The van der Waals surface area contributed by atoms with Gasteiger partial charge in [-0.1, -0.05) is 121 Å². The van der Waals surface area contributed by atoms with Crippen LogP contribution in [0.25, 0.3) is 60.9 Å². The lowest BCUT2D eigenvalue weighted by atomic mass is 9.82. The van der Waals surface area contributed by atoms with Crippen LogP contribution in [-0.4, -0.2) is 4.57 Å². The van der Waals surface area contributed by atoms with Crippen LogP contribution in [0.3, 0.4) is 0 Å². The normalized spacial score (nSPS) is 13.4. The van der Waals surface area contributed by atoms with E-state index in [0.29, 0.717) is 0 Å². The smallest absolute Gasteiger partial charge is 0.0541 e. The van der Waals surface area contributed by atoms with Crippen molar-refractivity contribution in [2.24, 2.45) is 0 Å². The molecule has 0 amide bonds. The summed E-state index contributed by atoms with van der Waals surface area (Å²) in [6, 6.07) is 48.8. The van der Waals surface area contributed by atoms with Crippen molar-refractivity contribution in [2.75, 3.05) is 0 Å². The lowest BCUT2D eigenvalue weighted by Crippen LogP contribution is -2.14. The third-order valence-electron chi connectivity index (χ3n) is 8.88. The number of hydrogen-bond donors (Lipinski definition) is 0. The Morgan fingerprint density at radius 1 is 0.488 bits per heavy atom. The number of rotatable bonds is 3. The summed E-state index contributed by atoms with van der Waals surface area (Å²) in [6.45, 7) is 4.68. The van der Waals surface area contributed by atoms with Gasteiger partial charge in [-0.3, -0.25) is 0 Å². The number of halogens is 1. The van der Waals surface area contributed by atoms with Crippen molar-refractivity contribution in [2.45, 2.75) is 19.3 Å². The third-order valence-corrected chi connectivity index (χ3v) is 9.57. The van der Waals surface area contributed by atoms with Gasteiger partial charge in [-0.05, 0) is 87.0 Å². The van der Waals surface area contributed by atoms with E-state index in [9.17, 15) is 0 Å². The third kappa shape index (κ3) is 3.67. The highest BCUT2D eigenvalue weighted by atomic mass is 79.9. The molecule has 2 heteroatoms. The van der Waals surface area contributed by atoms with E-state index >= 15 is 0 Å². The molecule has 6 aromatic carbocycles. The minimum absolute atomic E-state index is 0.00402. The van der Waals surface area contributed by atoms with Gasteiger partial charge in [-0.25, -0.2) is 0 Å². The predicted octanol–water partition coefficient (Wildman–Crippen LogP) is 11.2. The largest absolute Gasteiger partial charge is 0.309 e. The van der Waals surface area contributed by atoms with Gasteiger partial charge in [-0.15, -0.1) is 0 Å². The Kier molecular flexibility index (Phi) is 5.39. The van der Waals surface area contributed by atoms with E-state index in [1.54, 1.807) is 0 Å². The fourth-order valence-electron chi connectivity index (χ4n) is 6.84. The molecule has 0 saturated heterocycles. The summed E-state index contributed by atoms with van der Waals surface area (Å²) in [5, 5.41) is 2.54. The summed E-state index contributed by atoms with van der Waals surface area (Å²) < 4.78 is 3.54. The number of para-hydroxylation sites is 1. The Morgan fingerprint density at radius 2 is 1.17 bits per heavy atom. The summed E-state index contributed by atoms with van der Waals surface area (Å²) >= 11 is 3.73.